The molecule has 0 aliphatic heterocycles. The molecule has 1 aromatic carbocycles. The van der Waals surface area contributed by atoms with Crippen LogP contribution in [0.3, 0.4) is 0 Å². The number of hydrogen-bond acceptors (Lipinski definition) is 3. The van der Waals surface area contributed by atoms with Crippen LogP contribution in [0.1, 0.15) is 5.56 Å². The molecule has 0 bridgehead atoms. The van der Waals surface area contributed by atoms with E-state index in [-0.39, 0.29) is 0 Å². The molecular weight excluding hydrogens is 204 g/mol. The minimum Gasteiger partial charge on any atom is -0.493 e. The van der Waals surface area contributed by atoms with E-state index in [0.717, 1.165) is 5.56 Å². The molecule has 0 saturated carbocycles. The van der Waals surface area contributed by atoms with Crippen LogP contribution in [0.5, 0.6) is 17.2 Å². The standard InChI is InChI=1S/C13H16O3/c1-5-6-7-10-8-9-11(14-2)13(16-4)12(10)15-3/h5-9H,1H2,2-4H3/b7-6+. The molecule has 0 heterocycles. The molecule has 1 aromatic rings. The van der Waals surface area contributed by atoms with E-state index in [4.69, 9.17) is 14.2 Å². The van der Waals surface area contributed by atoms with Gasteiger partial charge < -0.3 is 14.2 Å². The van der Waals surface area contributed by atoms with E-state index in [2.05, 4.69) is 6.58 Å². The highest BCUT2D eigenvalue weighted by atomic mass is 16.5. The van der Waals surface area contributed by atoms with E-state index >= 15 is 0 Å². The predicted octanol–water partition coefficient (Wildman–Crippen LogP) is 2.91. The van der Waals surface area contributed by atoms with Gasteiger partial charge in [0.1, 0.15) is 0 Å². The molecule has 3 nitrogen and oxygen atoms in total. The third-order valence-corrected chi connectivity index (χ3v) is 2.15. The number of allylic oxidation sites excluding steroid dienone is 2. The summed E-state index contributed by atoms with van der Waals surface area (Å²) in [5.41, 5.74) is 0.917. The van der Waals surface area contributed by atoms with E-state index in [9.17, 15) is 0 Å². The van der Waals surface area contributed by atoms with Gasteiger partial charge in [-0.1, -0.05) is 24.8 Å². The second kappa shape index (κ2) is 5.85. The SMILES string of the molecule is C=C/C=C/c1ccc(OC)c(OC)c1OC. The Morgan fingerprint density at radius 1 is 1.00 bits per heavy atom. The maximum absolute atomic E-state index is 5.32. The Balaban J connectivity index is 3.30. The Morgan fingerprint density at radius 2 is 1.69 bits per heavy atom. The maximum atomic E-state index is 5.32. The fourth-order valence-corrected chi connectivity index (χ4v) is 1.43. The third-order valence-electron chi connectivity index (χ3n) is 2.15. The van der Waals surface area contributed by atoms with E-state index in [1.807, 2.05) is 24.3 Å². The summed E-state index contributed by atoms with van der Waals surface area (Å²) in [7, 11) is 4.78. The summed E-state index contributed by atoms with van der Waals surface area (Å²) in [5, 5.41) is 0. The van der Waals surface area contributed by atoms with Crippen molar-refractivity contribution in [3.63, 3.8) is 0 Å². The van der Waals surface area contributed by atoms with E-state index in [0.29, 0.717) is 17.2 Å². The van der Waals surface area contributed by atoms with Crippen molar-refractivity contribution < 1.29 is 14.2 Å². The van der Waals surface area contributed by atoms with Crippen LogP contribution < -0.4 is 14.2 Å². The number of benzene rings is 1. The van der Waals surface area contributed by atoms with Crippen molar-refractivity contribution in [1.29, 1.82) is 0 Å². The number of hydrogen-bond donors (Lipinski definition) is 0. The fourth-order valence-electron chi connectivity index (χ4n) is 1.43. The zero-order valence-electron chi connectivity index (χ0n) is 9.82. The molecule has 0 N–H and O–H groups in total. The van der Waals surface area contributed by atoms with Gasteiger partial charge in [-0.05, 0) is 12.1 Å². The first kappa shape index (κ1) is 12.2. The third kappa shape index (κ3) is 2.37. The lowest BCUT2D eigenvalue weighted by molar-refractivity contribution is 0.324. The fraction of sp³-hybridized carbons (Fsp3) is 0.231. The Kier molecular flexibility index (Phi) is 4.45. The van der Waals surface area contributed by atoms with Crippen LogP contribution in [-0.2, 0) is 0 Å². The summed E-state index contributed by atoms with van der Waals surface area (Å²) >= 11 is 0. The van der Waals surface area contributed by atoms with E-state index < -0.39 is 0 Å². The van der Waals surface area contributed by atoms with Gasteiger partial charge in [0, 0.05) is 5.56 Å². The summed E-state index contributed by atoms with van der Waals surface area (Å²) in [4.78, 5) is 0. The summed E-state index contributed by atoms with van der Waals surface area (Å²) in [6.45, 7) is 3.62. The smallest absolute Gasteiger partial charge is 0.203 e. The van der Waals surface area contributed by atoms with Gasteiger partial charge in [0.2, 0.25) is 5.75 Å². The minimum absolute atomic E-state index is 0.594. The van der Waals surface area contributed by atoms with Crippen molar-refractivity contribution in [2.24, 2.45) is 0 Å². The van der Waals surface area contributed by atoms with Crippen LogP contribution in [0.15, 0.2) is 30.9 Å². The Morgan fingerprint density at radius 3 is 2.19 bits per heavy atom. The van der Waals surface area contributed by atoms with Crippen LogP contribution in [0.4, 0.5) is 0 Å². The van der Waals surface area contributed by atoms with Crippen LogP contribution in [0.25, 0.3) is 6.08 Å². The number of ether oxygens (including phenoxy) is 3. The van der Waals surface area contributed by atoms with Crippen LogP contribution in [-0.4, -0.2) is 21.3 Å². The molecule has 0 atom stereocenters. The van der Waals surface area contributed by atoms with Crippen molar-refractivity contribution in [2.75, 3.05) is 21.3 Å². The summed E-state index contributed by atoms with van der Waals surface area (Å²) in [6, 6.07) is 3.74. The van der Waals surface area contributed by atoms with Crippen molar-refractivity contribution in [3.05, 3.63) is 36.4 Å². The van der Waals surface area contributed by atoms with Gasteiger partial charge in [-0.2, -0.15) is 0 Å². The van der Waals surface area contributed by atoms with Gasteiger partial charge >= 0.3 is 0 Å². The predicted molar refractivity (Wildman–Crippen MR) is 65.3 cm³/mol. The Labute approximate surface area is 95.9 Å². The maximum Gasteiger partial charge on any atom is 0.203 e. The Hall–Kier alpha value is -1.90. The van der Waals surface area contributed by atoms with E-state index in [1.54, 1.807) is 27.4 Å². The van der Waals surface area contributed by atoms with Gasteiger partial charge in [0.15, 0.2) is 11.5 Å². The number of rotatable bonds is 5. The summed E-state index contributed by atoms with van der Waals surface area (Å²) in [5.74, 6) is 1.89. The van der Waals surface area contributed by atoms with Crippen molar-refractivity contribution in [1.82, 2.24) is 0 Å². The topological polar surface area (TPSA) is 27.7 Å². The molecule has 0 aromatic heterocycles. The highest BCUT2D eigenvalue weighted by Crippen LogP contribution is 2.40. The van der Waals surface area contributed by atoms with Gasteiger partial charge in [0.05, 0.1) is 21.3 Å². The first-order chi connectivity index (χ1) is 7.78. The molecule has 0 aliphatic rings. The molecule has 3 heteroatoms. The normalized spacial score (nSPS) is 10.2. The second-order valence-electron chi connectivity index (χ2n) is 3.02. The Bertz CT molecular complexity index is 394. The molecular formula is C13H16O3. The van der Waals surface area contributed by atoms with Crippen molar-refractivity contribution >= 4 is 6.08 Å². The second-order valence-corrected chi connectivity index (χ2v) is 3.02. The summed E-state index contributed by atoms with van der Waals surface area (Å²) in [6.07, 6.45) is 5.44. The van der Waals surface area contributed by atoms with Crippen molar-refractivity contribution in [3.8, 4) is 17.2 Å². The molecule has 0 fully saturated rings. The number of methoxy groups -OCH3 is 3. The quantitative estimate of drug-likeness (QED) is 0.714. The average Bonchev–Trinajstić information content (AvgIpc) is 2.34. The summed E-state index contributed by atoms with van der Waals surface area (Å²) < 4.78 is 15.8. The lowest BCUT2D eigenvalue weighted by atomic mass is 10.1. The molecule has 0 radical (unpaired) electrons. The first-order valence-corrected chi connectivity index (χ1v) is 4.86. The molecule has 0 saturated heterocycles. The zero-order chi connectivity index (χ0) is 12.0. The van der Waals surface area contributed by atoms with Gasteiger partial charge in [-0.25, -0.2) is 0 Å². The van der Waals surface area contributed by atoms with Crippen LogP contribution in [0, 0.1) is 0 Å². The monoisotopic (exact) mass is 220 g/mol. The molecule has 0 aliphatic carbocycles. The largest absolute Gasteiger partial charge is 0.493 e. The lowest BCUT2D eigenvalue weighted by Gasteiger charge is -2.13. The highest BCUT2D eigenvalue weighted by molar-refractivity contribution is 5.67. The molecule has 0 amide bonds. The van der Waals surface area contributed by atoms with Crippen LogP contribution in [0.2, 0.25) is 0 Å². The minimum atomic E-state index is 0.594. The molecule has 0 unspecified atom stereocenters. The molecule has 86 valence electrons. The molecule has 0 spiro atoms. The molecule has 1 rings (SSSR count). The zero-order valence-corrected chi connectivity index (χ0v) is 9.82. The van der Waals surface area contributed by atoms with Gasteiger partial charge in [-0.15, -0.1) is 0 Å². The highest BCUT2D eigenvalue weighted by Gasteiger charge is 2.13. The van der Waals surface area contributed by atoms with Gasteiger partial charge in [0.25, 0.3) is 0 Å². The molecule has 16 heavy (non-hydrogen) atoms. The van der Waals surface area contributed by atoms with Crippen LogP contribution >= 0.6 is 0 Å². The average molecular weight is 220 g/mol. The van der Waals surface area contributed by atoms with Crippen molar-refractivity contribution in [2.45, 2.75) is 0 Å². The lowest BCUT2D eigenvalue weighted by Crippen LogP contribution is -1.96. The van der Waals surface area contributed by atoms with Gasteiger partial charge in [-0.3, -0.25) is 0 Å². The van der Waals surface area contributed by atoms with E-state index in [1.165, 1.54) is 0 Å². The first-order valence-electron chi connectivity index (χ1n) is 4.86.